The first-order valence-corrected chi connectivity index (χ1v) is 8.49. The highest BCUT2D eigenvalue weighted by Crippen LogP contribution is 2.19. The van der Waals surface area contributed by atoms with Crippen LogP contribution in [0.2, 0.25) is 0 Å². The summed E-state index contributed by atoms with van der Waals surface area (Å²) in [5.41, 5.74) is 1.27. The van der Waals surface area contributed by atoms with Crippen molar-refractivity contribution in [3.05, 3.63) is 18.0 Å². The minimum Gasteiger partial charge on any atom is -0.303 e. The molecule has 0 radical (unpaired) electrons. The van der Waals surface area contributed by atoms with Gasteiger partial charge in [-0.15, -0.1) is 0 Å². The van der Waals surface area contributed by atoms with Crippen LogP contribution in [0.3, 0.4) is 0 Å². The normalized spacial score (nSPS) is 20.4. The quantitative estimate of drug-likeness (QED) is 0.673. The molecule has 3 heteroatoms. The van der Waals surface area contributed by atoms with Crippen molar-refractivity contribution in [2.24, 2.45) is 5.92 Å². The van der Waals surface area contributed by atoms with Gasteiger partial charge in [-0.1, -0.05) is 32.6 Å². The predicted molar refractivity (Wildman–Crippen MR) is 84.9 cm³/mol. The molecule has 0 aromatic carbocycles. The molecule has 0 saturated carbocycles. The van der Waals surface area contributed by atoms with E-state index in [1.165, 1.54) is 70.1 Å². The van der Waals surface area contributed by atoms with Crippen LogP contribution in [0.25, 0.3) is 0 Å². The molecule has 1 saturated heterocycles. The van der Waals surface area contributed by atoms with Crippen LogP contribution in [0.4, 0.5) is 0 Å². The third-order valence-corrected chi connectivity index (χ3v) is 4.39. The molecule has 1 aromatic heterocycles. The molecule has 0 spiro atoms. The van der Waals surface area contributed by atoms with Gasteiger partial charge in [-0.25, -0.2) is 0 Å². The second kappa shape index (κ2) is 8.46. The van der Waals surface area contributed by atoms with Crippen molar-refractivity contribution >= 4 is 0 Å². The second-order valence-corrected chi connectivity index (χ2v) is 6.46. The van der Waals surface area contributed by atoms with Gasteiger partial charge in [-0.3, -0.25) is 4.68 Å². The first-order valence-electron chi connectivity index (χ1n) is 8.49. The number of hydrogen-bond acceptors (Lipinski definition) is 2. The molecule has 0 N–H and O–H groups in total. The molecule has 0 unspecified atom stereocenters. The fourth-order valence-electron chi connectivity index (χ4n) is 3.27. The molecule has 1 aromatic rings. The molecule has 0 bridgehead atoms. The lowest BCUT2D eigenvalue weighted by atomic mass is 9.97. The van der Waals surface area contributed by atoms with Crippen molar-refractivity contribution in [3.8, 4) is 0 Å². The fraction of sp³-hybridized carbons (Fsp3) is 0.824. The zero-order chi connectivity index (χ0) is 14.2. The van der Waals surface area contributed by atoms with E-state index in [0.717, 1.165) is 12.5 Å². The number of rotatable bonds is 8. The van der Waals surface area contributed by atoms with Crippen molar-refractivity contribution in [1.29, 1.82) is 0 Å². The maximum atomic E-state index is 4.43. The molecular weight excluding hydrogens is 246 g/mol. The summed E-state index contributed by atoms with van der Waals surface area (Å²) in [5, 5.41) is 4.43. The summed E-state index contributed by atoms with van der Waals surface area (Å²) in [7, 11) is 0. The molecule has 1 fully saturated rings. The van der Waals surface area contributed by atoms with E-state index in [1.54, 1.807) is 0 Å². The van der Waals surface area contributed by atoms with E-state index in [9.17, 15) is 0 Å². The Hall–Kier alpha value is -0.830. The van der Waals surface area contributed by atoms with Crippen LogP contribution in [0.15, 0.2) is 12.4 Å². The van der Waals surface area contributed by atoms with Crippen LogP contribution in [0, 0.1) is 12.8 Å². The topological polar surface area (TPSA) is 21.1 Å². The Morgan fingerprint density at radius 2 is 2.10 bits per heavy atom. The lowest BCUT2D eigenvalue weighted by Crippen LogP contribution is -2.37. The average Bonchev–Trinajstić information content (AvgIpc) is 2.84. The maximum Gasteiger partial charge on any atom is 0.0518 e. The Labute approximate surface area is 124 Å². The van der Waals surface area contributed by atoms with E-state index in [2.05, 4.69) is 34.7 Å². The first-order chi connectivity index (χ1) is 9.78. The highest BCUT2D eigenvalue weighted by Gasteiger charge is 2.19. The van der Waals surface area contributed by atoms with Gasteiger partial charge in [0.1, 0.15) is 0 Å². The second-order valence-electron chi connectivity index (χ2n) is 6.46. The molecule has 2 heterocycles. The molecule has 1 atom stereocenters. The fourth-order valence-corrected chi connectivity index (χ4v) is 3.27. The Bertz CT molecular complexity index is 372. The molecule has 20 heavy (non-hydrogen) atoms. The lowest BCUT2D eigenvalue weighted by Gasteiger charge is -2.32. The Morgan fingerprint density at radius 1 is 1.25 bits per heavy atom. The van der Waals surface area contributed by atoms with E-state index >= 15 is 0 Å². The monoisotopic (exact) mass is 277 g/mol. The molecule has 0 aliphatic carbocycles. The number of likely N-dealkylation sites (tertiary alicyclic amines) is 1. The number of unbranched alkanes of at least 4 members (excludes halogenated alkanes) is 4. The van der Waals surface area contributed by atoms with E-state index < -0.39 is 0 Å². The van der Waals surface area contributed by atoms with Gasteiger partial charge in [0.15, 0.2) is 0 Å². The average molecular weight is 277 g/mol. The van der Waals surface area contributed by atoms with E-state index in [4.69, 9.17) is 0 Å². The largest absolute Gasteiger partial charge is 0.303 e. The van der Waals surface area contributed by atoms with Gasteiger partial charge >= 0.3 is 0 Å². The summed E-state index contributed by atoms with van der Waals surface area (Å²) < 4.78 is 2.13. The van der Waals surface area contributed by atoms with Gasteiger partial charge < -0.3 is 4.90 Å². The van der Waals surface area contributed by atoms with Crippen molar-refractivity contribution < 1.29 is 0 Å². The number of aryl methyl sites for hydroxylation is 1. The zero-order valence-corrected chi connectivity index (χ0v) is 13.4. The van der Waals surface area contributed by atoms with Crippen molar-refractivity contribution in [2.75, 3.05) is 19.6 Å². The van der Waals surface area contributed by atoms with E-state index in [1.807, 2.05) is 6.20 Å². The van der Waals surface area contributed by atoms with Gasteiger partial charge in [0.25, 0.3) is 0 Å². The summed E-state index contributed by atoms with van der Waals surface area (Å²) in [4.78, 5) is 2.68. The maximum absolute atomic E-state index is 4.43. The molecule has 1 aliphatic rings. The lowest BCUT2D eigenvalue weighted by molar-refractivity contribution is 0.157. The predicted octanol–water partition coefficient (Wildman–Crippen LogP) is 3.87. The first kappa shape index (κ1) is 15.6. The van der Waals surface area contributed by atoms with Gasteiger partial charge in [0, 0.05) is 19.3 Å². The molecule has 2 rings (SSSR count). The standard InChI is InChI=1S/C17H31N3/c1-3-4-5-6-7-10-19-11-8-9-17(14-19)15-20-13-16(2)12-18-20/h12-13,17H,3-11,14-15H2,1-2H3/t17-/m1/s1. The minimum absolute atomic E-state index is 0.790. The summed E-state index contributed by atoms with van der Waals surface area (Å²) in [6, 6.07) is 0. The van der Waals surface area contributed by atoms with Gasteiger partial charge in [-0.2, -0.15) is 5.10 Å². The Kier molecular flexibility index (Phi) is 6.58. The van der Waals surface area contributed by atoms with Crippen molar-refractivity contribution in [1.82, 2.24) is 14.7 Å². The third-order valence-electron chi connectivity index (χ3n) is 4.39. The number of nitrogens with zero attached hydrogens (tertiary/aromatic N) is 3. The van der Waals surface area contributed by atoms with Gasteiger partial charge in [0.2, 0.25) is 0 Å². The third kappa shape index (κ3) is 5.28. The van der Waals surface area contributed by atoms with Crippen molar-refractivity contribution in [3.63, 3.8) is 0 Å². The van der Waals surface area contributed by atoms with E-state index in [-0.39, 0.29) is 0 Å². The van der Waals surface area contributed by atoms with Crippen LogP contribution in [-0.4, -0.2) is 34.3 Å². The van der Waals surface area contributed by atoms with Gasteiger partial charge in [0.05, 0.1) is 6.20 Å². The van der Waals surface area contributed by atoms with Crippen LogP contribution in [-0.2, 0) is 6.54 Å². The van der Waals surface area contributed by atoms with E-state index in [0.29, 0.717) is 0 Å². The number of hydrogen-bond donors (Lipinski definition) is 0. The highest BCUT2D eigenvalue weighted by atomic mass is 15.3. The minimum atomic E-state index is 0.790. The highest BCUT2D eigenvalue weighted by molar-refractivity contribution is 4.99. The van der Waals surface area contributed by atoms with Crippen molar-refractivity contribution in [2.45, 2.75) is 65.3 Å². The summed E-state index contributed by atoms with van der Waals surface area (Å²) in [5.74, 6) is 0.790. The Balaban J connectivity index is 1.66. The summed E-state index contributed by atoms with van der Waals surface area (Å²) >= 11 is 0. The van der Waals surface area contributed by atoms with Crippen LogP contribution in [0.5, 0.6) is 0 Å². The van der Waals surface area contributed by atoms with Crippen LogP contribution >= 0.6 is 0 Å². The van der Waals surface area contributed by atoms with Gasteiger partial charge in [-0.05, 0) is 50.8 Å². The van der Waals surface area contributed by atoms with Crippen LogP contribution < -0.4 is 0 Å². The summed E-state index contributed by atoms with van der Waals surface area (Å²) in [6.45, 7) is 9.38. The molecule has 0 amide bonds. The SMILES string of the molecule is CCCCCCCN1CCC[C@@H](Cn2cc(C)cn2)C1. The Morgan fingerprint density at radius 3 is 2.85 bits per heavy atom. The molecular formula is C17H31N3. The number of piperidine rings is 1. The molecule has 114 valence electrons. The molecule has 1 aliphatic heterocycles. The smallest absolute Gasteiger partial charge is 0.0518 e. The zero-order valence-electron chi connectivity index (χ0n) is 13.4. The van der Waals surface area contributed by atoms with Crippen LogP contribution in [0.1, 0.15) is 57.4 Å². The number of aromatic nitrogens is 2. The molecule has 3 nitrogen and oxygen atoms in total. The summed E-state index contributed by atoms with van der Waals surface area (Å²) in [6.07, 6.45) is 13.8.